The summed E-state index contributed by atoms with van der Waals surface area (Å²) < 4.78 is 25.4. The lowest BCUT2D eigenvalue weighted by Gasteiger charge is -2.19. The number of sulfonamides is 1. The predicted octanol–water partition coefficient (Wildman–Crippen LogP) is 2.41. The van der Waals surface area contributed by atoms with Gasteiger partial charge in [0.25, 0.3) is 0 Å². The van der Waals surface area contributed by atoms with Gasteiger partial charge in [-0.2, -0.15) is 0 Å². The molecular formula is C22H30N4O2S. The number of aliphatic imine (C=N–C) groups is 1. The predicted molar refractivity (Wildman–Crippen MR) is 119 cm³/mol. The molecule has 1 saturated heterocycles. The zero-order valence-electron chi connectivity index (χ0n) is 16.9. The third-order valence-electron chi connectivity index (χ3n) is 5.04. The fourth-order valence-corrected chi connectivity index (χ4v) is 5.07. The summed E-state index contributed by atoms with van der Waals surface area (Å²) in [5, 5.41) is 6.53. The molecule has 0 radical (unpaired) electrons. The average Bonchev–Trinajstić information content (AvgIpc) is 3.08. The van der Waals surface area contributed by atoms with E-state index in [1.165, 1.54) is 11.1 Å². The first-order valence-electron chi connectivity index (χ1n) is 10.2. The van der Waals surface area contributed by atoms with Crippen molar-refractivity contribution in [2.75, 3.05) is 38.5 Å². The second-order valence-corrected chi connectivity index (χ2v) is 9.18. The van der Waals surface area contributed by atoms with Crippen LogP contribution in [0.4, 0.5) is 0 Å². The summed E-state index contributed by atoms with van der Waals surface area (Å²) in [6.45, 7) is 4.98. The lowest BCUT2D eigenvalue weighted by molar-refractivity contribution is 0.445. The second kappa shape index (κ2) is 10.4. The minimum Gasteiger partial charge on any atom is -0.357 e. The summed E-state index contributed by atoms with van der Waals surface area (Å²) in [7, 11) is -3.06. The topological polar surface area (TPSA) is 73.8 Å². The second-order valence-electron chi connectivity index (χ2n) is 7.09. The van der Waals surface area contributed by atoms with Gasteiger partial charge in [-0.25, -0.2) is 12.7 Å². The van der Waals surface area contributed by atoms with E-state index < -0.39 is 10.0 Å². The molecule has 7 heteroatoms. The van der Waals surface area contributed by atoms with Crippen molar-refractivity contribution in [2.24, 2.45) is 4.99 Å². The van der Waals surface area contributed by atoms with Crippen LogP contribution < -0.4 is 10.6 Å². The van der Waals surface area contributed by atoms with Crippen LogP contribution in [0, 0.1) is 0 Å². The van der Waals surface area contributed by atoms with Gasteiger partial charge in [0.1, 0.15) is 0 Å². The van der Waals surface area contributed by atoms with Crippen LogP contribution in [0.3, 0.4) is 0 Å². The standard InChI is InChI=1S/C22H30N4O2S/c1-2-23-22(24-14-16-26-15-9-17-29(26,27)28)25-18-21(19-10-5-3-6-11-19)20-12-7-4-8-13-20/h3-8,10-13,21H,2,9,14-18H2,1H3,(H2,23,24,25). The maximum Gasteiger partial charge on any atom is 0.214 e. The Morgan fingerprint density at radius 1 is 1.03 bits per heavy atom. The highest BCUT2D eigenvalue weighted by Gasteiger charge is 2.27. The van der Waals surface area contributed by atoms with Crippen molar-refractivity contribution in [1.29, 1.82) is 0 Å². The van der Waals surface area contributed by atoms with Gasteiger partial charge in [-0.05, 0) is 24.5 Å². The van der Waals surface area contributed by atoms with Crippen molar-refractivity contribution in [3.8, 4) is 0 Å². The Labute approximate surface area is 174 Å². The van der Waals surface area contributed by atoms with Crippen LogP contribution in [0.15, 0.2) is 65.7 Å². The number of nitrogens with zero attached hydrogens (tertiary/aromatic N) is 2. The third-order valence-corrected chi connectivity index (χ3v) is 6.99. The highest BCUT2D eigenvalue weighted by molar-refractivity contribution is 7.89. The van der Waals surface area contributed by atoms with E-state index in [2.05, 4.69) is 59.2 Å². The number of hydrogen-bond acceptors (Lipinski definition) is 3. The van der Waals surface area contributed by atoms with E-state index in [-0.39, 0.29) is 11.7 Å². The number of hydrogen-bond donors (Lipinski definition) is 2. The normalized spacial score (nSPS) is 16.8. The SMILES string of the molecule is CCNC(=NCC(c1ccccc1)c1ccccc1)NCCN1CCCS1(=O)=O. The molecule has 0 aliphatic carbocycles. The van der Waals surface area contributed by atoms with E-state index in [0.717, 1.165) is 6.54 Å². The van der Waals surface area contributed by atoms with Gasteiger partial charge in [0.15, 0.2) is 5.96 Å². The quantitative estimate of drug-likeness (QED) is 0.514. The summed E-state index contributed by atoms with van der Waals surface area (Å²) in [5.41, 5.74) is 2.45. The van der Waals surface area contributed by atoms with Gasteiger partial charge in [0, 0.05) is 32.1 Å². The molecule has 0 unspecified atom stereocenters. The van der Waals surface area contributed by atoms with E-state index in [0.29, 0.717) is 38.6 Å². The maximum atomic E-state index is 11.9. The van der Waals surface area contributed by atoms with Crippen LogP contribution in [0.5, 0.6) is 0 Å². The lowest BCUT2D eigenvalue weighted by Crippen LogP contribution is -2.42. The molecule has 0 spiro atoms. The molecule has 1 aliphatic rings. The molecule has 0 aromatic heterocycles. The van der Waals surface area contributed by atoms with Gasteiger partial charge < -0.3 is 10.6 Å². The van der Waals surface area contributed by atoms with Crippen molar-refractivity contribution in [1.82, 2.24) is 14.9 Å². The van der Waals surface area contributed by atoms with E-state index >= 15 is 0 Å². The van der Waals surface area contributed by atoms with Crippen LogP contribution in [-0.2, 0) is 10.0 Å². The van der Waals surface area contributed by atoms with Crippen LogP contribution in [0.25, 0.3) is 0 Å². The van der Waals surface area contributed by atoms with Crippen molar-refractivity contribution < 1.29 is 8.42 Å². The highest BCUT2D eigenvalue weighted by atomic mass is 32.2. The molecule has 2 aromatic carbocycles. The molecule has 29 heavy (non-hydrogen) atoms. The Hall–Kier alpha value is -2.38. The Kier molecular flexibility index (Phi) is 7.66. The Balaban J connectivity index is 1.67. The average molecular weight is 415 g/mol. The summed E-state index contributed by atoms with van der Waals surface area (Å²) in [6, 6.07) is 20.8. The van der Waals surface area contributed by atoms with E-state index in [1.54, 1.807) is 4.31 Å². The molecule has 0 bridgehead atoms. The molecular weight excluding hydrogens is 384 g/mol. The van der Waals surface area contributed by atoms with Gasteiger partial charge >= 0.3 is 0 Å². The fraction of sp³-hybridized carbons (Fsp3) is 0.409. The molecule has 6 nitrogen and oxygen atoms in total. The first kappa shape index (κ1) is 21.3. The third kappa shape index (κ3) is 6.05. The fourth-order valence-electron chi connectivity index (χ4n) is 3.54. The van der Waals surface area contributed by atoms with Gasteiger partial charge in [-0.1, -0.05) is 60.7 Å². The van der Waals surface area contributed by atoms with Gasteiger partial charge in [0.2, 0.25) is 10.0 Å². The van der Waals surface area contributed by atoms with Crippen molar-refractivity contribution in [2.45, 2.75) is 19.3 Å². The number of nitrogens with one attached hydrogen (secondary N) is 2. The largest absolute Gasteiger partial charge is 0.357 e. The molecule has 0 atom stereocenters. The molecule has 1 fully saturated rings. The Morgan fingerprint density at radius 2 is 1.66 bits per heavy atom. The lowest BCUT2D eigenvalue weighted by atomic mass is 9.91. The van der Waals surface area contributed by atoms with E-state index in [4.69, 9.17) is 4.99 Å². The van der Waals surface area contributed by atoms with Crippen LogP contribution >= 0.6 is 0 Å². The molecule has 3 rings (SSSR count). The smallest absolute Gasteiger partial charge is 0.214 e. The number of rotatable bonds is 8. The van der Waals surface area contributed by atoms with E-state index in [1.807, 2.05) is 19.1 Å². The molecule has 2 N–H and O–H groups in total. The molecule has 0 saturated carbocycles. The summed E-state index contributed by atoms with van der Waals surface area (Å²) in [4.78, 5) is 4.79. The molecule has 2 aromatic rings. The molecule has 1 aliphatic heterocycles. The first-order chi connectivity index (χ1) is 14.1. The van der Waals surface area contributed by atoms with Crippen LogP contribution in [0.2, 0.25) is 0 Å². The zero-order valence-corrected chi connectivity index (χ0v) is 17.7. The molecule has 0 amide bonds. The maximum absolute atomic E-state index is 11.9. The highest BCUT2D eigenvalue weighted by Crippen LogP contribution is 2.24. The number of benzene rings is 2. The van der Waals surface area contributed by atoms with Gasteiger partial charge in [-0.15, -0.1) is 0 Å². The van der Waals surface area contributed by atoms with Crippen molar-refractivity contribution >= 4 is 16.0 Å². The van der Waals surface area contributed by atoms with Gasteiger partial charge in [0.05, 0.1) is 12.3 Å². The monoisotopic (exact) mass is 414 g/mol. The molecule has 1 heterocycles. The first-order valence-corrected chi connectivity index (χ1v) is 11.8. The summed E-state index contributed by atoms with van der Waals surface area (Å²) in [6.07, 6.45) is 0.715. The zero-order chi connectivity index (χ0) is 20.5. The minimum absolute atomic E-state index is 0.159. The minimum atomic E-state index is -3.06. The van der Waals surface area contributed by atoms with Crippen LogP contribution in [-0.4, -0.2) is 57.2 Å². The van der Waals surface area contributed by atoms with Crippen molar-refractivity contribution in [3.63, 3.8) is 0 Å². The Bertz CT molecular complexity index is 846. The number of guanidine groups is 1. The Morgan fingerprint density at radius 3 is 2.17 bits per heavy atom. The van der Waals surface area contributed by atoms with Gasteiger partial charge in [-0.3, -0.25) is 4.99 Å². The molecule has 156 valence electrons. The summed E-state index contributed by atoms with van der Waals surface area (Å²) >= 11 is 0. The van der Waals surface area contributed by atoms with Crippen LogP contribution in [0.1, 0.15) is 30.4 Å². The van der Waals surface area contributed by atoms with Crippen molar-refractivity contribution in [3.05, 3.63) is 71.8 Å². The summed E-state index contributed by atoms with van der Waals surface area (Å²) in [5.74, 6) is 1.13. The van der Waals surface area contributed by atoms with E-state index in [9.17, 15) is 8.42 Å².